The van der Waals surface area contributed by atoms with Crippen LogP contribution in [0.15, 0.2) is 75.7 Å². The van der Waals surface area contributed by atoms with Crippen LogP contribution in [0.1, 0.15) is 5.56 Å². The molecule has 0 atom stereocenters. The van der Waals surface area contributed by atoms with Gasteiger partial charge < -0.3 is 4.74 Å². The van der Waals surface area contributed by atoms with E-state index in [0.717, 1.165) is 6.07 Å². The highest BCUT2D eigenvalue weighted by Gasteiger charge is 2.35. The first-order valence-electron chi connectivity index (χ1n) is 7.24. The largest absolute Gasteiger partial charge is 0.457 e. The smallest absolute Gasteiger partial charge is 0.417 e. The first kappa shape index (κ1) is 18.0. The Morgan fingerprint density at radius 1 is 0.760 bits per heavy atom. The maximum atomic E-state index is 13.4. The second kappa shape index (κ2) is 7.22. The molecule has 0 aromatic heterocycles. The lowest BCUT2D eigenvalue weighted by molar-refractivity contribution is -0.137. The minimum atomic E-state index is -4.46. The fourth-order valence-electron chi connectivity index (χ4n) is 2.40. The van der Waals surface area contributed by atoms with Crippen molar-refractivity contribution >= 4 is 31.9 Å². The van der Waals surface area contributed by atoms with E-state index < -0.39 is 11.7 Å². The molecule has 0 heterocycles. The van der Waals surface area contributed by atoms with Crippen LogP contribution < -0.4 is 4.74 Å². The zero-order valence-electron chi connectivity index (χ0n) is 12.6. The first-order chi connectivity index (χ1) is 11.8. The fraction of sp³-hybridized carbons (Fsp3) is 0.0526. The van der Waals surface area contributed by atoms with Gasteiger partial charge in [-0.25, -0.2) is 0 Å². The quantitative estimate of drug-likeness (QED) is 0.380. The van der Waals surface area contributed by atoms with Gasteiger partial charge >= 0.3 is 6.18 Å². The number of halogens is 5. The molecular formula is C19H11Br2F3O. The fourth-order valence-corrected chi connectivity index (χ4v) is 3.86. The molecule has 0 saturated heterocycles. The normalized spacial score (nSPS) is 11.4. The Kier molecular flexibility index (Phi) is 5.20. The topological polar surface area (TPSA) is 9.23 Å². The second-order valence-corrected chi connectivity index (χ2v) is 7.02. The molecule has 0 saturated carbocycles. The molecule has 3 aromatic rings. The van der Waals surface area contributed by atoms with E-state index in [4.69, 9.17) is 4.74 Å². The summed E-state index contributed by atoms with van der Waals surface area (Å²) in [6.45, 7) is 0. The van der Waals surface area contributed by atoms with Crippen molar-refractivity contribution in [2.45, 2.75) is 6.18 Å². The number of alkyl halides is 3. The van der Waals surface area contributed by atoms with Crippen LogP contribution in [-0.4, -0.2) is 0 Å². The van der Waals surface area contributed by atoms with E-state index >= 15 is 0 Å². The van der Waals surface area contributed by atoms with Gasteiger partial charge in [-0.15, -0.1) is 0 Å². The Hall–Kier alpha value is -1.79. The van der Waals surface area contributed by atoms with Gasteiger partial charge in [0.05, 0.1) is 5.56 Å². The zero-order valence-corrected chi connectivity index (χ0v) is 15.8. The summed E-state index contributed by atoms with van der Waals surface area (Å²) in [7, 11) is 0. The van der Waals surface area contributed by atoms with Crippen molar-refractivity contribution in [2.75, 3.05) is 0 Å². The lowest BCUT2D eigenvalue weighted by atomic mass is 9.99. The van der Waals surface area contributed by atoms with E-state index in [1.54, 1.807) is 42.5 Å². The van der Waals surface area contributed by atoms with Gasteiger partial charge in [0.15, 0.2) is 0 Å². The third kappa shape index (κ3) is 4.25. The van der Waals surface area contributed by atoms with Gasteiger partial charge in [-0.1, -0.05) is 62.2 Å². The lowest BCUT2D eigenvalue weighted by Gasteiger charge is -2.16. The third-order valence-electron chi connectivity index (χ3n) is 3.48. The number of hydrogen-bond acceptors (Lipinski definition) is 1. The van der Waals surface area contributed by atoms with E-state index in [1.807, 2.05) is 18.2 Å². The minimum Gasteiger partial charge on any atom is -0.457 e. The van der Waals surface area contributed by atoms with Crippen molar-refractivity contribution in [1.29, 1.82) is 0 Å². The Labute approximate surface area is 159 Å². The SMILES string of the molecule is FC(F)(F)c1cc(Br)cc(Br)c1-c1ccc(Oc2ccccc2)cc1. The molecule has 0 N–H and O–H groups in total. The molecule has 0 aliphatic heterocycles. The highest BCUT2D eigenvalue weighted by molar-refractivity contribution is 9.11. The zero-order chi connectivity index (χ0) is 18.0. The number of para-hydroxylation sites is 1. The molecule has 0 bridgehead atoms. The summed E-state index contributed by atoms with van der Waals surface area (Å²) in [4.78, 5) is 0. The van der Waals surface area contributed by atoms with Gasteiger partial charge in [-0.2, -0.15) is 13.2 Å². The number of benzene rings is 3. The third-order valence-corrected chi connectivity index (χ3v) is 4.57. The van der Waals surface area contributed by atoms with Gasteiger partial charge in [0.2, 0.25) is 0 Å². The Balaban J connectivity index is 1.98. The summed E-state index contributed by atoms with van der Waals surface area (Å²) in [5, 5.41) is 0. The van der Waals surface area contributed by atoms with Crippen molar-refractivity contribution in [3.8, 4) is 22.6 Å². The maximum Gasteiger partial charge on any atom is 0.417 e. The van der Waals surface area contributed by atoms with Gasteiger partial charge in [0.25, 0.3) is 0 Å². The molecule has 0 aliphatic carbocycles. The summed E-state index contributed by atoms with van der Waals surface area (Å²) < 4.78 is 46.6. The van der Waals surface area contributed by atoms with Crippen LogP contribution in [0, 0.1) is 0 Å². The van der Waals surface area contributed by atoms with Crippen LogP contribution in [0.3, 0.4) is 0 Å². The minimum absolute atomic E-state index is 0.0990. The molecule has 0 fully saturated rings. The molecule has 1 nitrogen and oxygen atoms in total. The van der Waals surface area contributed by atoms with Crippen molar-refractivity contribution in [3.63, 3.8) is 0 Å². The molecule has 128 valence electrons. The summed E-state index contributed by atoms with van der Waals surface area (Å²) >= 11 is 6.35. The highest BCUT2D eigenvalue weighted by atomic mass is 79.9. The average molecular weight is 472 g/mol. The van der Waals surface area contributed by atoms with Crippen LogP contribution in [0.2, 0.25) is 0 Å². The Bertz CT molecular complexity index is 876. The number of hydrogen-bond donors (Lipinski definition) is 0. The molecule has 25 heavy (non-hydrogen) atoms. The highest BCUT2D eigenvalue weighted by Crippen LogP contribution is 2.43. The predicted octanol–water partition coefficient (Wildman–Crippen LogP) is 7.69. The molecular weight excluding hydrogens is 461 g/mol. The standard InChI is InChI=1S/C19H11Br2F3O/c20-13-10-16(19(22,23)24)18(17(21)11-13)12-6-8-15(9-7-12)25-14-4-2-1-3-5-14/h1-11H. The molecule has 0 amide bonds. The number of ether oxygens (including phenoxy) is 1. The van der Waals surface area contributed by atoms with Crippen LogP contribution in [0.5, 0.6) is 11.5 Å². The van der Waals surface area contributed by atoms with E-state index in [1.165, 1.54) is 0 Å². The maximum absolute atomic E-state index is 13.4. The van der Waals surface area contributed by atoms with Crippen LogP contribution in [-0.2, 0) is 6.18 Å². The van der Waals surface area contributed by atoms with Crippen molar-refractivity contribution < 1.29 is 17.9 Å². The molecule has 3 aromatic carbocycles. The Morgan fingerprint density at radius 2 is 1.36 bits per heavy atom. The number of rotatable bonds is 3. The predicted molar refractivity (Wildman–Crippen MR) is 98.8 cm³/mol. The molecule has 0 spiro atoms. The van der Waals surface area contributed by atoms with Crippen molar-refractivity contribution in [3.05, 3.63) is 81.2 Å². The lowest BCUT2D eigenvalue weighted by Crippen LogP contribution is -2.07. The molecule has 0 unspecified atom stereocenters. The summed E-state index contributed by atoms with van der Waals surface area (Å²) in [5.41, 5.74) is -0.153. The summed E-state index contributed by atoms with van der Waals surface area (Å²) in [5.74, 6) is 1.22. The van der Waals surface area contributed by atoms with Crippen molar-refractivity contribution in [2.24, 2.45) is 0 Å². The van der Waals surface area contributed by atoms with Gasteiger partial charge in [-0.3, -0.25) is 0 Å². The van der Waals surface area contributed by atoms with Crippen LogP contribution in [0.4, 0.5) is 13.2 Å². The van der Waals surface area contributed by atoms with Gasteiger partial charge in [0, 0.05) is 14.5 Å². The first-order valence-corrected chi connectivity index (χ1v) is 8.83. The van der Waals surface area contributed by atoms with Crippen LogP contribution >= 0.6 is 31.9 Å². The monoisotopic (exact) mass is 470 g/mol. The summed E-state index contributed by atoms with van der Waals surface area (Å²) in [6.07, 6.45) is -4.46. The van der Waals surface area contributed by atoms with Crippen LogP contribution in [0.25, 0.3) is 11.1 Å². The molecule has 0 aliphatic rings. The second-order valence-electron chi connectivity index (χ2n) is 5.25. The van der Waals surface area contributed by atoms with E-state index in [0.29, 0.717) is 26.0 Å². The Morgan fingerprint density at radius 3 is 1.96 bits per heavy atom. The van der Waals surface area contributed by atoms with E-state index in [-0.39, 0.29) is 5.56 Å². The van der Waals surface area contributed by atoms with Gasteiger partial charge in [0.1, 0.15) is 11.5 Å². The molecule has 0 radical (unpaired) electrons. The summed E-state index contributed by atoms with van der Waals surface area (Å²) in [6, 6.07) is 18.4. The van der Waals surface area contributed by atoms with Crippen molar-refractivity contribution in [1.82, 2.24) is 0 Å². The average Bonchev–Trinajstić information content (AvgIpc) is 2.55. The van der Waals surface area contributed by atoms with Gasteiger partial charge in [-0.05, 0) is 42.0 Å². The van der Waals surface area contributed by atoms with E-state index in [9.17, 15) is 13.2 Å². The van der Waals surface area contributed by atoms with E-state index in [2.05, 4.69) is 31.9 Å². The molecule has 3 rings (SSSR count). The molecule has 6 heteroatoms.